The maximum absolute atomic E-state index is 13.6. The normalized spacial score (nSPS) is 14.9. The molecule has 1 amide bonds. The van der Waals surface area contributed by atoms with Crippen molar-refractivity contribution >= 4 is 22.5 Å². The van der Waals surface area contributed by atoms with Gasteiger partial charge in [0, 0.05) is 73.8 Å². The van der Waals surface area contributed by atoms with E-state index in [1.165, 1.54) is 5.56 Å². The highest BCUT2D eigenvalue weighted by Gasteiger charge is 2.26. The Labute approximate surface area is 251 Å². The van der Waals surface area contributed by atoms with Crippen LogP contribution >= 0.6 is 0 Å². The molecule has 1 fully saturated rings. The number of aromatic nitrogens is 1. The standard InChI is InChI=1S/C36H36N4O3/c41-36(37-30-18-20-38(21-19-30)24-27-10-4-1-5-11-27)23-32(29-14-8-3-9-15-29)34-26-39(25-28-12-6-2-7-13-28)35-17-16-31(40(42)43)22-33(34)35/h1-17,22,26,30,32H,18-21,23-25H2,(H,37,41)/t32-/m1/s1. The number of fused-ring (bicyclic) bond motifs is 1. The molecule has 2 heterocycles. The van der Waals surface area contributed by atoms with Crippen molar-refractivity contribution in [2.24, 2.45) is 0 Å². The lowest BCUT2D eigenvalue weighted by Crippen LogP contribution is -2.44. The minimum Gasteiger partial charge on any atom is -0.353 e. The van der Waals surface area contributed by atoms with Gasteiger partial charge in [0.25, 0.3) is 5.69 Å². The summed E-state index contributed by atoms with van der Waals surface area (Å²) in [6, 6.07) is 35.8. The summed E-state index contributed by atoms with van der Waals surface area (Å²) in [6.07, 6.45) is 4.17. The van der Waals surface area contributed by atoms with E-state index in [0.29, 0.717) is 6.54 Å². The lowest BCUT2D eigenvalue weighted by Gasteiger charge is -2.32. The summed E-state index contributed by atoms with van der Waals surface area (Å²) in [4.78, 5) is 27.4. The maximum Gasteiger partial charge on any atom is 0.270 e. The van der Waals surface area contributed by atoms with E-state index in [4.69, 9.17) is 0 Å². The van der Waals surface area contributed by atoms with Crippen LogP contribution in [0.3, 0.4) is 0 Å². The summed E-state index contributed by atoms with van der Waals surface area (Å²) < 4.78 is 2.14. The predicted molar refractivity (Wildman–Crippen MR) is 170 cm³/mol. The molecule has 6 rings (SSSR count). The number of piperidine rings is 1. The third-order valence-electron chi connectivity index (χ3n) is 8.47. The van der Waals surface area contributed by atoms with Crippen molar-refractivity contribution in [2.45, 2.75) is 44.3 Å². The fourth-order valence-electron chi connectivity index (χ4n) is 6.26. The summed E-state index contributed by atoms with van der Waals surface area (Å²) in [5.41, 5.74) is 5.34. The van der Waals surface area contributed by atoms with Crippen LogP contribution < -0.4 is 5.32 Å². The van der Waals surface area contributed by atoms with Crippen molar-refractivity contribution in [3.05, 3.63) is 148 Å². The Morgan fingerprint density at radius 3 is 2.07 bits per heavy atom. The van der Waals surface area contributed by atoms with Crippen molar-refractivity contribution in [2.75, 3.05) is 13.1 Å². The van der Waals surface area contributed by atoms with Crippen molar-refractivity contribution in [1.82, 2.24) is 14.8 Å². The number of carbonyl (C=O) groups is 1. The molecule has 1 aromatic heterocycles. The first-order chi connectivity index (χ1) is 21.0. The second-order valence-electron chi connectivity index (χ2n) is 11.4. The molecule has 5 aromatic rings. The van der Waals surface area contributed by atoms with E-state index in [0.717, 1.165) is 60.1 Å². The van der Waals surface area contributed by atoms with Crippen molar-refractivity contribution < 1.29 is 9.72 Å². The number of carbonyl (C=O) groups excluding carboxylic acids is 1. The molecule has 0 saturated carbocycles. The molecule has 1 atom stereocenters. The first kappa shape index (κ1) is 28.4. The van der Waals surface area contributed by atoms with E-state index in [9.17, 15) is 14.9 Å². The Balaban J connectivity index is 1.24. The van der Waals surface area contributed by atoms with Crippen molar-refractivity contribution in [1.29, 1.82) is 0 Å². The number of hydrogen-bond acceptors (Lipinski definition) is 4. The average molecular weight is 573 g/mol. The molecule has 1 aliphatic heterocycles. The molecule has 1 saturated heterocycles. The van der Waals surface area contributed by atoms with Gasteiger partial charge in [0.05, 0.1) is 4.92 Å². The Bertz CT molecular complexity index is 1680. The quantitative estimate of drug-likeness (QED) is 0.146. The summed E-state index contributed by atoms with van der Waals surface area (Å²) in [7, 11) is 0. The third-order valence-corrected chi connectivity index (χ3v) is 8.47. The van der Waals surface area contributed by atoms with Crippen LogP contribution in [-0.2, 0) is 17.9 Å². The van der Waals surface area contributed by atoms with Gasteiger partial charge in [-0.15, -0.1) is 0 Å². The third kappa shape index (κ3) is 6.84. The highest BCUT2D eigenvalue weighted by molar-refractivity contribution is 5.88. The van der Waals surface area contributed by atoms with Gasteiger partial charge >= 0.3 is 0 Å². The molecule has 0 radical (unpaired) electrons. The van der Waals surface area contributed by atoms with Gasteiger partial charge < -0.3 is 9.88 Å². The minimum atomic E-state index is -0.355. The van der Waals surface area contributed by atoms with E-state index in [2.05, 4.69) is 57.4 Å². The number of hydrogen-bond donors (Lipinski definition) is 1. The molecule has 1 N–H and O–H groups in total. The number of benzene rings is 4. The van der Waals surface area contributed by atoms with E-state index < -0.39 is 0 Å². The molecule has 4 aromatic carbocycles. The number of likely N-dealkylation sites (tertiary alicyclic amines) is 1. The van der Waals surface area contributed by atoms with Crippen molar-refractivity contribution in [3.63, 3.8) is 0 Å². The Kier molecular flexibility index (Phi) is 8.61. The Hall–Kier alpha value is -4.75. The highest BCUT2D eigenvalue weighted by atomic mass is 16.6. The molecule has 0 spiro atoms. The molecular formula is C36H36N4O3. The lowest BCUT2D eigenvalue weighted by atomic mass is 9.87. The molecule has 0 bridgehead atoms. The molecule has 1 aliphatic rings. The van der Waals surface area contributed by atoms with Crippen LogP contribution in [0.15, 0.2) is 115 Å². The van der Waals surface area contributed by atoms with Crippen LogP contribution in [0.5, 0.6) is 0 Å². The van der Waals surface area contributed by atoms with Crippen LogP contribution in [0.1, 0.15) is 47.4 Å². The van der Waals surface area contributed by atoms with Crippen molar-refractivity contribution in [3.8, 4) is 0 Å². The van der Waals surface area contributed by atoms with E-state index in [1.807, 2.05) is 60.7 Å². The highest BCUT2D eigenvalue weighted by Crippen LogP contribution is 2.37. The zero-order chi connectivity index (χ0) is 29.6. The van der Waals surface area contributed by atoms with Crippen LogP contribution in [0.25, 0.3) is 10.9 Å². The van der Waals surface area contributed by atoms with Gasteiger partial charge in [-0.25, -0.2) is 0 Å². The lowest BCUT2D eigenvalue weighted by molar-refractivity contribution is -0.384. The zero-order valence-electron chi connectivity index (χ0n) is 24.1. The number of nitro groups is 1. The molecule has 0 unspecified atom stereocenters. The maximum atomic E-state index is 13.6. The molecule has 0 aliphatic carbocycles. The first-order valence-corrected chi connectivity index (χ1v) is 14.9. The van der Waals surface area contributed by atoms with Gasteiger partial charge in [-0.1, -0.05) is 91.0 Å². The summed E-state index contributed by atoms with van der Waals surface area (Å²) in [5.74, 6) is -0.245. The van der Waals surface area contributed by atoms with Crippen LogP contribution in [0.2, 0.25) is 0 Å². The number of nitrogens with zero attached hydrogens (tertiary/aromatic N) is 3. The number of amides is 1. The average Bonchev–Trinajstić information content (AvgIpc) is 3.39. The minimum absolute atomic E-state index is 0.00440. The predicted octanol–water partition coefficient (Wildman–Crippen LogP) is 6.90. The fraction of sp³-hybridized carbons (Fsp3) is 0.250. The van der Waals surface area contributed by atoms with Gasteiger partial charge in [-0.2, -0.15) is 0 Å². The first-order valence-electron chi connectivity index (χ1n) is 14.9. The largest absolute Gasteiger partial charge is 0.353 e. The number of rotatable bonds is 10. The van der Waals surface area contributed by atoms with Crippen LogP contribution in [0.4, 0.5) is 5.69 Å². The van der Waals surface area contributed by atoms with E-state index in [-0.39, 0.29) is 34.9 Å². The Morgan fingerprint density at radius 1 is 0.837 bits per heavy atom. The second-order valence-corrected chi connectivity index (χ2v) is 11.4. The summed E-state index contributed by atoms with van der Waals surface area (Å²) in [5, 5.41) is 15.9. The molecular weight excluding hydrogens is 536 g/mol. The van der Waals surface area contributed by atoms with Crippen LogP contribution in [0, 0.1) is 10.1 Å². The van der Waals surface area contributed by atoms with Gasteiger partial charge in [-0.3, -0.25) is 19.8 Å². The second kappa shape index (κ2) is 13.0. The van der Waals surface area contributed by atoms with Gasteiger partial charge in [0.1, 0.15) is 0 Å². The number of nitro benzene ring substituents is 1. The monoisotopic (exact) mass is 572 g/mol. The summed E-state index contributed by atoms with van der Waals surface area (Å²) in [6.45, 7) is 3.44. The molecule has 218 valence electrons. The Morgan fingerprint density at radius 2 is 1.44 bits per heavy atom. The zero-order valence-corrected chi connectivity index (χ0v) is 24.1. The number of non-ortho nitro benzene ring substituents is 1. The topological polar surface area (TPSA) is 80.4 Å². The van der Waals surface area contributed by atoms with Crippen LogP contribution in [-0.4, -0.2) is 39.4 Å². The SMILES string of the molecule is O=C(C[C@H](c1ccccc1)c1cn(Cc2ccccc2)c2ccc([N+](=O)[O-])cc12)NC1CCN(Cc2ccccc2)CC1. The van der Waals surface area contributed by atoms with Gasteiger partial charge in [-0.05, 0) is 41.2 Å². The summed E-state index contributed by atoms with van der Waals surface area (Å²) >= 11 is 0. The van der Waals surface area contributed by atoms with Gasteiger partial charge in [0.15, 0.2) is 0 Å². The van der Waals surface area contributed by atoms with E-state index in [1.54, 1.807) is 12.1 Å². The van der Waals surface area contributed by atoms with E-state index >= 15 is 0 Å². The molecule has 43 heavy (non-hydrogen) atoms. The van der Waals surface area contributed by atoms with Gasteiger partial charge in [0.2, 0.25) is 5.91 Å². The fourth-order valence-corrected chi connectivity index (χ4v) is 6.26. The molecule has 7 nitrogen and oxygen atoms in total. The number of nitrogens with one attached hydrogen (secondary N) is 1. The molecule has 7 heteroatoms. The smallest absolute Gasteiger partial charge is 0.270 e.